The summed E-state index contributed by atoms with van der Waals surface area (Å²) in [6, 6.07) is 0.246. The summed E-state index contributed by atoms with van der Waals surface area (Å²) in [4.78, 5) is 16.8. The van der Waals surface area contributed by atoms with E-state index in [-0.39, 0.29) is 11.7 Å². The van der Waals surface area contributed by atoms with Gasteiger partial charge >= 0.3 is 5.97 Å². The normalized spacial score (nSPS) is 16.3. The van der Waals surface area contributed by atoms with E-state index < -0.39 is 5.97 Å². The van der Waals surface area contributed by atoms with Crippen LogP contribution in [0.2, 0.25) is 0 Å². The molecule has 7 heteroatoms. The van der Waals surface area contributed by atoms with Crippen LogP contribution in [0.25, 0.3) is 10.6 Å². The molecule has 3 rings (SSSR count). The van der Waals surface area contributed by atoms with Gasteiger partial charge in [0.25, 0.3) is 0 Å². The van der Waals surface area contributed by atoms with Gasteiger partial charge in [-0.2, -0.15) is 0 Å². The van der Waals surface area contributed by atoms with E-state index in [9.17, 15) is 9.90 Å². The third kappa shape index (κ3) is 2.57. The Morgan fingerprint density at radius 3 is 2.57 bits per heavy atom. The number of aryl methyl sites for hydroxylation is 2. The minimum Gasteiger partial charge on any atom is -0.476 e. The van der Waals surface area contributed by atoms with Crippen LogP contribution in [0.4, 0.5) is 0 Å². The Balaban J connectivity index is 2.13. The molecular weight excluding hydrogens is 288 g/mol. The van der Waals surface area contributed by atoms with Crippen molar-refractivity contribution in [3.63, 3.8) is 0 Å². The summed E-state index contributed by atoms with van der Waals surface area (Å²) in [5, 5.41) is 18.4. The molecule has 1 aliphatic carbocycles. The van der Waals surface area contributed by atoms with Gasteiger partial charge in [-0.3, -0.25) is 0 Å². The summed E-state index contributed by atoms with van der Waals surface area (Å²) in [6.07, 6.45) is 5.63. The lowest BCUT2D eigenvalue weighted by atomic mass is 9.95. The van der Waals surface area contributed by atoms with E-state index in [1.807, 2.05) is 18.5 Å². The average Bonchev–Trinajstić information content (AvgIpc) is 3.02. The van der Waals surface area contributed by atoms with Gasteiger partial charge in [0.15, 0.2) is 5.69 Å². The first-order valence-electron chi connectivity index (χ1n) is 7.21. The molecule has 0 aromatic carbocycles. The first kappa shape index (κ1) is 14.2. The van der Waals surface area contributed by atoms with Crippen molar-refractivity contribution in [1.82, 2.24) is 20.0 Å². The van der Waals surface area contributed by atoms with E-state index in [2.05, 4.69) is 15.3 Å². The van der Waals surface area contributed by atoms with Crippen molar-refractivity contribution in [2.24, 2.45) is 0 Å². The monoisotopic (exact) mass is 306 g/mol. The Hall–Kier alpha value is -1.76. The Morgan fingerprint density at radius 1 is 1.29 bits per heavy atom. The summed E-state index contributed by atoms with van der Waals surface area (Å²) in [6.45, 7) is 3.83. The van der Waals surface area contributed by atoms with E-state index in [1.165, 1.54) is 17.8 Å². The van der Waals surface area contributed by atoms with E-state index in [0.717, 1.165) is 41.3 Å². The number of carboxylic acid groups (broad SMARTS) is 1. The molecule has 2 aromatic rings. The molecule has 1 saturated carbocycles. The van der Waals surface area contributed by atoms with E-state index in [4.69, 9.17) is 0 Å². The first-order valence-corrected chi connectivity index (χ1v) is 8.02. The minimum atomic E-state index is -1.03. The summed E-state index contributed by atoms with van der Waals surface area (Å²) < 4.78 is 1.82. The standard InChI is InChI=1S/C14H18N4O2S/c1-8-13(21-9(2)15-8)12-11(14(19)20)16-17-18(12)10-6-4-3-5-7-10/h10H,3-7H2,1-2H3,(H,19,20). The second-order valence-electron chi connectivity index (χ2n) is 5.48. The highest BCUT2D eigenvalue weighted by Gasteiger charge is 2.28. The maximum Gasteiger partial charge on any atom is 0.358 e. The molecule has 0 spiro atoms. The first-order chi connectivity index (χ1) is 10.1. The van der Waals surface area contributed by atoms with Gasteiger partial charge in [0.05, 0.1) is 21.6 Å². The fourth-order valence-electron chi connectivity index (χ4n) is 2.98. The van der Waals surface area contributed by atoms with Crippen LogP contribution in [0.5, 0.6) is 0 Å². The number of aromatic nitrogens is 4. The molecule has 2 aromatic heterocycles. The van der Waals surface area contributed by atoms with Gasteiger partial charge in [0.2, 0.25) is 0 Å². The van der Waals surface area contributed by atoms with Crippen molar-refractivity contribution in [3.05, 3.63) is 16.4 Å². The topological polar surface area (TPSA) is 80.9 Å². The zero-order valence-electron chi connectivity index (χ0n) is 12.2. The van der Waals surface area contributed by atoms with Crippen molar-refractivity contribution < 1.29 is 9.90 Å². The molecule has 0 radical (unpaired) electrons. The van der Waals surface area contributed by atoms with E-state index >= 15 is 0 Å². The summed E-state index contributed by atoms with van der Waals surface area (Å²) >= 11 is 1.51. The minimum absolute atomic E-state index is 0.0346. The fourth-order valence-corrected chi connectivity index (χ4v) is 3.94. The number of thiazole rings is 1. The van der Waals surface area contributed by atoms with Crippen molar-refractivity contribution in [3.8, 4) is 10.6 Å². The van der Waals surface area contributed by atoms with Crippen molar-refractivity contribution >= 4 is 17.3 Å². The largest absolute Gasteiger partial charge is 0.476 e. The molecule has 6 nitrogen and oxygen atoms in total. The SMILES string of the molecule is Cc1nc(C)c(-c2c(C(=O)O)nnn2C2CCCCC2)s1. The second kappa shape index (κ2) is 5.55. The zero-order chi connectivity index (χ0) is 15.0. The number of nitrogens with zero attached hydrogens (tertiary/aromatic N) is 4. The van der Waals surface area contributed by atoms with Crippen molar-refractivity contribution in [2.45, 2.75) is 52.0 Å². The van der Waals surface area contributed by atoms with Crippen LogP contribution in [0.1, 0.15) is 59.3 Å². The molecule has 1 fully saturated rings. The summed E-state index contributed by atoms with van der Waals surface area (Å²) in [5.41, 5.74) is 1.50. The molecule has 112 valence electrons. The van der Waals surface area contributed by atoms with Crippen LogP contribution in [0.15, 0.2) is 0 Å². The molecule has 0 unspecified atom stereocenters. The lowest BCUT2D eigenvalue weighted by Crippen LogP contribution is -2.15. The molecule has 0 amide bonds. The third-order valence-corrected chi connectivity index (χ3v) is 5.02. The van der Waals surface area contributed by atoms with Gasteiger partial charge in [-0.25, -0.2) is 14.5 Å². The van der Waals surface area contributed by atoms with Gasteiger partial charge in [-0.05, 0) is 26.7 Å². The quantitative estimate of drug-likeness (QED) is 0.941. The van der Waals surface area contributed by atoms with Crippen LogP contribution in [-0.4, -0.2) is 31.1 Å². The molecule has 0 atom stereocenters. The lowest BCUT2D eigenvalue weighted by molar-refractivity contribution is 0.0691. The van der Waals surface area contributed by atoms with Crippen molar-refractivity contribution in [1.29, 1.82) is 0 Å². The third-order valence-electron chi connectivity index (χ3n) is 3.94. The second-order valence-corrected chi connectivity index (χ2v) is 6.68. The van der Waals surface area contributed by atoms with Gasteiger partial charge < -0.3 is 5.11 Å². The highest BCUT2D eigenvalue weighted by molar-refractivity contribution is 7.15. The predicted molar refractivity (Wildman–Crippen MR) is 79.7 cm³/mol. The molecule has 0 saturated heterocycles. The van der Waals surface area contributed by atoms with Gasteiger partial charge in [0, 0.05) is 0 Å². The zero-order valence-corrected chi connectivity index (χ0v) is 13.0. The Kier molecular flexibility index (Phi) is 3.75. The molecule has 21 heavy (non-hydrogen) atoms. The number of aromatic carboxylic acids is 1. The van der Waals surface area contributed by atoms with Crippen LogP contribution < -0.4 is 0 Å². The Morgan fingerprint density at radius 2 is 2.00 bits per heavy atom. The van der Waals surface area contributed by atoms with Crippen LogP contribution in [-0.2, 0) is 0 Å². The molecular formula is C14H18N4O2S. The lowest BCUT2D eigenvalue weighted by Gasteiger charge is -2.23. The summed E-state index contributed by atoms with van der Waals surface area (Å²) in [7, 11) is 0. The highest BCUT2D eigenvalue weighted by Crippen LogP contribution is 2.36. The van der Waals surface area contributed by atoms with Crippen LogP contribution in [0.3, 0.4) is 0 Å². The van der Waals surface area contributed by atoms with Gasteiger partial charge in [0.1, 0.15) is 5.69 Å². The van der Waals surface area contributed by atoms with E-state index in [0.29, 0.717) is 5.69 Å². The number of hydrogen-bond acceptors (Lipinski definition) is 5. The van der Waals surface area contributed by atoms with Crippen LogP contribution in [0, 0.1) is 13.8 Å². The smallest absolute Gasteiger partial charge is 0.358 e. The van der Waals surface area contributed by atoms with Crippen LogP contribution >= 0.6 is 11.3 Å². The number of rotatable bonds is 3. The number of carbonyl (C=O) groups is 1. The maximum atomic E-state index is 11.5. The van der Waals surface area contributed by atoms with Crippen molar-refractivity contribution in [2.75, 3.05) is 0 Å². The van der Waals surface area contributed by atoms with Gasteiger partial charge in [-0.15, -0.1) is 16.4 Å². The summed E-state index contributed by atoms with van der Waals surface area (Å²) in [5.74, 6) is -1.03. The maximum absolute atomic E-state index is 11.5. The molecule has 1 N–H and O–H groups in total. The molecule has 1 aliphatic rings. The fraction of sp³-hybridized carbons (Fsp3) is 0.571. The number of hydrogen-bond donors (Lipinski definition) is 1. The molecule has 0 bridgehead atoms. The van der Waals surface area contributed by atoms with E-state index in [1.54, 1.807) is 0 Å². The Labute approximate surface area is 126 Å². The molecule has 2 heterocycles. The highest BCUT2D eigenvalue weighted by atomic mass is 32.1. The number of carboxylic acids is 1. The average molecular weight is 306 g/mol. The molecule has 0 aliphatic heterocycles. The van der Waals surface area contributed by atoms with Gasteiger partial charge in [-0.1, -0.05) is 24.5 Å². The predicted octanol–water partition coefficient (Wildman–Crippen LogP) is 3.22. The Bertz CT molecular complexity index is 671.